The first-order valence-corrected chi connectivity index (χ1v) is 6.08. The molecule has 1 unspecified atom stereocenters. The van der Waals surface area contributed by atoms with Gasteiger partial charge in [-0.1, -0.05) is 12.2 Å². The molecule has 5 heteroatoms. The number of aromatic nitrogens is 1. The molecule has 0 saturated carbocycles. The second kappa shape index (κ2) is 4.98. The van der Waals surface area contributed by atoms with Crippen LogP contribution in [0.15, 0.2) is 12.1 Å². The van der Waals surface area contributed by atoms with Crippen molar-refractivity contribution in [3.8, 4) is 0 Å². The predicted octanol–water partition coefficient (Wildman–Crippen LogP) is 1.25. The third kappa shape index (κ3) is 2.56. The summed E-state index contributed by atoms with van der Waals surface area (Å²) in [5.74, 6) is 0.855. The van der Waals surface area contributed by atoms with Gasteiger partial charge < -0.3 is 15.4 Å². The molecule has 1 atom stereocenters. The van der Waals surface area contributed by atoms with Gasteiger partial charge in [-0.2, -0.15) is 0 Å². The zero-order valence-electron chi connectivity index (χ0n) is 10.1. The van der Waals surface area contributed by atoms with Crippen molar-refractivity contribution in [3.63, 3.8) is 0 Å². The van der Waals surface area contributed by atoms with E-state index in [1.165, 1.54) is 0 Å². The molecule has 2 N–H and O–H groups in total. The van der Waals surface area contributed by atoms with Crippen molar-refractivity contribution in [1.29, 1.82) is 0 Å². The Hall–Kier alpha value is -1.20. The molecule has 0 spiro atoms. The highest BCUT2D eigenvalue weighted by atomic mass is 32.1. The van der Waals surface area contributed by atoms with Crippen LogP contribution in [-0.4, -0.2) is 36.3 Å². The molecule has 0 aromatic carbocycles. The molecule has 1 aromatic rings. The van der Waals surface area contributed by atoms with Crippen molar-refractivity contribution in [1.82, 2.24) is 4.98 Å². The number of anilines is 1. The van der Waals surface area contributed by atoms with Crippen molar-refractivity contribution in [2.45, 2.75) is 19.4 Å². The molecule has 1 fully saturated rings. The number of nitrogens with two attached hydrogens (primary N) is 1. The van der Waals surface area contributed by atoms with E-state index in [1.807, 2.05) is 26.1 Å². The monoisotopic (exact) mass is 251 g/mol. The van der Waals surface area contributed by atoms with Gasteiger partial charge in [0.2, 0.25) is 0 Å². The maximum absolute atomic E-state index is 5.73. The lowest BCUT2D eigenvalue weighted by molar-refractivity contribution is 0.193. The number of thiocarbonyl (C=S) groups is 1. The fourth-order valence-electron chi connectivity index (χ4n) is 2.00. The van der Waals surface area contributed by atoms with Crippen LogP contribution in [0.5, 0.6) is 0 Å². The summed E-state index contributed by atoms with van der Waals surface area (Å²) in [5.41, 5.74) is 7.53. The molecular weight excluding hydrogens is 234 g/mol. The van der Waals surface area contributed by atoms with Crippen LogP contribution in [0, 0.1) is 6.92 Å². The third-order valence-electron chi connectivity index (χ3n) is 3.07. The summed E-state index contributed by atoms with van der Waals surface area (Å²) >= 11 is 5.07. The van der Waals surface area contributed by atoms with Gasteiger partial charge in [0, 0.05) is 19.3 Å². The Morgan fingerprint density at radius 3 is 2.94 bits per heavy atom. The van der Waals surface area contributed by atoms with E-state index in [4.69, 9.17) is 22.7 Å². The molecule has 0 aliphatic carbocycles. The smallest absolute Gasteiger partial charge is 0.139 e. The third-order valence-corrected chi connectivity index (χ3v) is 3.29. The highest BCUT2D eigenvalue weighted by Crippen LogP contribution is 2.22. The van der Waals surface area contributed by atoms with Gasteiger partial charge in [-0.05, 0) is 25.5 Å². The first-order chi connectivity index (χ1) is 8.09. The van der Waals surface area contributed by atoms with Gasteiger partial charge in [-0.25, -0.2) is 4.98 Å². The van der Waals surface area contributed by atoms with Gasteiger partial charge in [0.05, 0.1) is 18.2 Å². The summed E-state index contributed by atoms with van der Waals surface area (Å²) in [5, 5.41) is 0. The predicted molar refractivity (Wildman–Crippen MR) is 72.5 cm³/mol. The van der Waals surface area contributed by atoms with Crippen LogP contribution in [0.3, 0.4) is 0 Å². The maximum atomic E-state index is 5.73. The maximum Gasteiger partial charge on any atom is 0.139 e. The Balaban J connectivity index is 2.34. The van der Waals surface area contributed by atoms with E-state index in [9.17, 15) is 0 Å². The number of rotatable bonds is 3. The van der Waals surface area contributed by atoms with Gasteiger partial charge in [0.15, 0.2) is 0 Å². The zero-order valence-corrected chi connectivity index (χ0v) is 11.0. The second-order valence-electron chi connectivity index (χ2n) is 4.32. The Labute approximate surface area is 107 Å². The summed E-state index contributed by atoms with van der Waals surface area (Å²) in [6.45, 7) is 3.51. The van der Waals surface area contributed by atoms with Gasteiger partial charge >= 0.3 is 0 Å². The van der Waals surface area contributed by atoms with E-state index in [0.29, 0.717) is 11.0 Å². The number of aryl methyl sites for hydroxylation is 1. The SMILES string of the molecule is Cc1ccc(C(N)=S)c(N(C)C2CCOC2)n1. The van der Waals surface area contributed by atoms with E-state index in [1.54, 1.807) is 0 Å². The first kappa shape index (κ1) is 12.3. The molecule has 1 aliphatic heterocycles. The van der Waals surface area contributed by atoms with Gasteiger partial charge in [0.25, 0.3) is 0 Å². The molecule has 2 heterocycles. The van der Waals surface area contributed by atoms with Crippen LogP contribution in [0.25, 0.3) is 0 Å². The number of ether oxygens (including phenoxy) is 1. The van der Waals surface area contributed by atoms with Crippen LogP contribution in [0.1, 0.15) is 17.7 Å². The number of likely N-dealkylation sites (N-methyl/N-ethyl adjacent to an activating group) is 1. The van der Waals surface area contributed by atoms with Gasteiger partial charge in [-0.15, -0.1) is 0 Å². The Kier molecular flexibility index (Phi) is 3.59. The van der Waals surface area contributed by atoms with Crippen molar-refractivity contribution in [3.05, 3.63) is 23.4 Å². The minimum atomic E-state index is 0.359. The standard InChI is InChI=1S/C12H17N3OS/c1-8-3-4-10(11(13)17)12(14-8)15(2)9-5-6-16-7-9/h3-4,9H,5-7H2,1-2H3,(H2,13,17). The zero-order chi connectivity index (χ0) is 12.4. The summed E-state index contributed by atoms with van der Waals surface area (Å²) in [4.78, 5) is 7.05. The van der Waals surface area contributed by atoms with Crippen molar-refractivity contribution >= 4 is 23.0 Å². The molecule has 17 heavy (non-hydrogen) atoms. The molecule has 0 radical (unpaired) electrons. The van der Waals surface area contributed by atoms with Crippen LogP contribution < -0.4 is 10.6 Å². The molecule has 0 amide bonds. The molecule has 92 valence electrons. The largest absolute Gasteiger partial charge is 0.389 e. The summed E-state index contributed by atoms with van der Waals surface area (Å²) in [6, 6.07) is 4.22. The van der Waals surface area contributed by atoms with E-state index in [-0.39, 0.29) is 0 Å². The minimum absolute atomic E-state index is 0.359. The van der Waals surface area contributed by atoms with E-state index in [2.05, 4.69) is 9.88 Å². The van der Waals surface area contributed by atoms with Crippen LogP contribution >= 0.6 is 12.2 Å². The lowest BCUT2D eigenvalue weighted by Gasteiger charge is -2.26. The second-order valence-corrected chi connectivity index (χ2v) is 4.76. The fourth-order valence-corrected chi connectivity index (χ4v) is 2.16. The summed E-state index contributed by atoms with van der Waals surface area (Å²) in [7, 11) is 2.02. The van der Waals surface area contributed by atoms with Crippen molar-refractivity contribution in [2.24, 2.45) is 5.73 Å². The van der Waals surface area contributed by atoms with Gasteiger partial charge in [0.1, 0.15) is 10.8 Å². The van der Waals surface area contributed by atoms with Crippen LogP contribution in [0.2, 0.25) is 0 Å². The number of hydrogen-bond acceptors (Lipinski definition) is 4. The average molecular weight is 251 g/mol. The summed E-state index contributed by atoms with van der Waals surface area (Å²) < 4.78 is 5.40. The lowest BCUT2D eigenvalue weighted by atomic mass is 10.1. The van der Waals surface area contributed by atoms with Crippen molar-refractivity contribution < 1.29 is 4.74 Å². The molecule has 4 nitrogen and oxygen atoms in total. The molecule has 2 rings (SSSR count). The topological polar surface area (TPSA) is 51.4 Å². The van der Waals surface area contributed by atoms with E-state index < -0.39 is 0 Å². The molecule has 1 saturated heterocycles. The molecular formula is C12H17N3OS. The lowest BCUT2D eigenvalue weighted by Crippen LogP contribution is -2.34. The number of hydrogen-bond donors (Lipinski definition) is 1. The van der Waals surface area contributed by atoms with Gasteiger partial charge in [-0.3, -0.25) is 0 Å². The fraction of sp³-hybridized carbons (Fsp3) is 0.500. The van der Waals surface area contributed by atoms with Crippen LogP contribution in [0.4, 0.5) is 5.82 Å². The van der Waals surface area contributed by atoms with E-state index in [0.717, 1.165) is 36.7 Å². The molecule has 1 aliphatic rings. The molecule has 1 aromatic heterocycles. The first-order valence-electron chi connectivity index (χ1n) is 5.67. The van der Waals surface area contributed by atoms with E-state index >= 15 is 0 Å². The average Bonchev–Trinajstić information content (AvgIpc) is 2.80. The van der Waals surface area contributed by atoms with Crippen LogP contribution in [-0.2, 0) is 4.74 Å². The minimum Gasteiger partial charge on any atom is -0.389 e. The quantitative estimate of drug-likeness (QED) is 0.819. The number of nitrogens with zero attached hydrogens (tertiary/aromatic N) is 2. The highest BCUT2D eigenvalue weighted by molar-refractivity contribution is 7.80. The summed E-state index contributed by atoms with van der Waals surface area (Å²) in [6.07, 6.45) is 1.02. The van der Waals surface area contributed by atoms with Crippen molar-refractivity contribution in [2.75, 3.05) is 25.2 Å². The highest BCUT2D eigenvalue weighted by Gasteiger charge is 2.23. The molecule has 0 bridgehead atoms. The Morgan fingerprint density at radius 1 is 1.59 bits per heavy atom. The Bertz CT molecular complexity index is 430. The number of pyridine rings is 1. The normalized spacial score (nSPS) is 19.3. The Morgan fingerprint density at radius 2 is 2.35 bits per heavy atom.